The van der Waals surface area contributed by atoms with Gasteiger partial charge in [-0.15, -0.1) is 11.8 Å². The summed E-state index contributed by atoms with van der Waals surface area (Å²) in [6, 6.07) is 2.56. The van der Waals surface area contributed by atoms with Crippen molar-refractivity contribution in [3.63, 3.8) is 0 Å². The van der Waals surface area contributed by atoms with Crippen LogP contribution in [0.2, 0.25) is 0 Å². The minimum Gasteiger partial charge on any atom is -0.548 e. The van der Waals surface area contributed by atoms with Crippen LogP contribution in [0.1, 0.15) is 18.1 Å². The van der Waals surface area contributed by atoms with E-state index in [1.54, 1.807) is 12.1 Å². The summed E-state index contributed by atoms with van der Waals surface area (Å²) < 4.78 is 5.20. The Kier molecular flexibility index (Phi) is 2.91. The molecule has 1 aliphatic heterocycles. The molecule has 0 radical (unpaired) electrons. The second-order valence-corrected chi connectivity index (χ2v) is 4.58. The van der Waals surface area contributed by atoms with Gasteiger partial charge in [-0.1, -0.05) is 0 Å². The zero-order valence-electron chi connectivity index (χ0n) is 8.58. The lowest BCUT2D eigenvalue weighted by atomic mass is 10.2. The zero-order valence-corrected chi connectivity index (χ0v) is 9.40. The number of carboxylic acids is 1. The Labute approximate surface area is 96.4 Å². The van der Waals surface area contributed by atoms with Gasteiger partial charge in [0.2, 0.25) is 5.91 Å². The van der Waals surface area contributed by atoms with Gasteiger partial charge in [0.25, 0.3) is 0 Å². The number of furan rings is 1. The second-order valence-electron chi connectivity index (χ2n) is 3.46. The third kappa shape index (κ3) is 1.80. The highest BCUT2D eigenvalue weighted by Gasteiger charge is 2.38. The Morgan fingerprint density at radius 1 is 1.62 bits per heavy atom. The number of carbonyl (C=O) groups excluding carboxylic acids is 2. The highest BCUT2D eigenvalue weighted by atomic mass is 32.2. The number of amides is 1. The molecule has 0 bridgehead atoms. The number of nitrogens with zero attached hydrogens (tertiary/aromatic N) is 1. The molecule has 0 N–H and O–H groups in total. The van der Waals surface area contributed by atoms with Gasteiger partial charge in [0.15, 0.2) is 0 Å². The molecule has 2 atom stereocenters. The molecule has 5 nitrogen and oxygen atoms in total. The summed E-state index contributed by atoms with van der Waals surface area (Å²) in [6.45, 7) is 1.34. The number of aliphatic carboxylic acids is 1. The largest absolute Gasteiger partial charge is 0.548 e. The summed E-state index contributed by atoms with van der Waals surface area (Å²) in [4.78, 5) is 23.6. The van der Waals surface area contributed by atoms with Crippen molar-refractivity contribution in [1.29, 1.82) is 0 Å². The number of carboxylic acid groups (broad SMARTS) is 1. The molecule has 2 rings (SSSR count). The van der Waals surface area contributed by atoms with E-state index in [1.807, 2.05) is 0 Å². The summed E-state index contributed by atoms with van der Waals surface area (Å²) in [5.41, 5.74) is 0. The van der Waals surface area contributed by atoms with Gasteiger partial charge in [-0.2, -0.15) is 0 Å². The summed E-state index contributed by atoms with van der Waals surface area (Å²) in [5, 5.41) is 10.5. The molecule has 0 aliphatic carbocycles. The first-order chi connectivity index (χ1) is 7.61. The average Bonchev–Trinajstić information content (AvgIpc) is 2.85. The maximum Gasteiger partial charge on any atom is 0.221 e. The van der Waals surface area contributed by atoms with Crippen LogP contribution in [0.4, 0.5) is 0 Å². The molecule has 1 aromatic rings. The Balaban J connectivity index is 2.28. The van der Waals surface area contributed by atoms with Gasteiger partial charge in [-0.05, 0) is 12.1 Å². The number of carbonyl (C=O) groups is 2. The minimum absolute atomic E-state index is 0.291. The van der Waals surface area contributed by atoms with Crippen LogP contribution in [0.3, 0.4) is 0 Å². The topological polar surface area (TPSA) is 73.6 Å². The van der Waals surface area contributed by atoms with Crippen LogP contribution >= 0.6 is 11.8 Å². The second kappa shape index (κ2) is 4.21. The lowest BCUT2D eigenvalue weighted by Gasteiger charge is -2.27. The summed E-state index contributed by atoms with van der Waals surface area (Å²) in [6.07, 6.45) is 1.50. The first-order valence-electron chi connectivity index (χ1n) is 4.76. The van der Waals surface area contributed by atoms with Crippen LogP contribution in [0.25, 0.3) is 0 Å². The van der Waals surface area contributed by atoms with Gasteiger partial charge >= 0.3 is 0 Å². The summed E-state index contributed by atoms with van der Waals surface area (Å²) in [5.74, 6) is -0.603. The van der Waals surface area contributed by atoms with Crippen LogP contribution < -0.4 is 5.11 Å². The maximum absolute atomic E-state index is 11.4. The normalized spacial score (nSPS) is 24.7. The van der Waals surface area contributed by atoms with Crippen molar-refractivity contribution < 1.29 is 19.1 Å². The van der Waals surface area contributed by atoms with Gasteiger partial charge in [-0.3, -0.25) is 4.79 Å². The van der Waals surface area contributed by atoms with Crippen molar-refractivity contribution in [2.24, 2.45) is 0 Å². The number of hydrogen-bond donors (Lipinski definition) is 0. The lowest BCUT2D eigenvalue weighted by Crippen LogP contribution is -2.48. The maximum atomic E-state index is 11.4. The summed E-state index contributed by atoms with van der Waals surface area (Å²) >= 11 is 1.36. The number of thioether (sulfide) groups is 1. The average molecular weight is 240 g/mol. The Bertz CT molecular complexity index is 403. The van der Waals surface area contributed by atoms with Crippen molar-refractivity contribution in [1.82, 2.24) is 4.90 Å². The molecule has 86 valence electrons. The van der Waals surface area contributed by atoms with Crippen LogP contribution in [-0.2, 0) is 9.59 Å². The van der Waals surface area contributed by atoms with E-state index in [2.05, 4.69) is 0 Å². The van der Waals surface area contributed by atoms with Gasteiger partial charge in [-0.25, -0.2) is 0 Å². The third-order valence-electron chi connectivity index (χ3n) is 2.42. The van der Waals surface area contributed by atoms with E-state index in [-0.39, 0.29) is 11.3 Å². The fraction of sp³-hybridized carbons (Fsp3) is 0.400. The molecule has 1 saturated heterocycles. The van der Waals surface area contributed by atoms with E-state index in [0.29, 0.717) is 11.5 Å². The molecule has 2 heterocycles. The molecular formula is C10H10NO4S-. The molecule has 1 aliphatic rings. The quantitative estimate of drug-likeness (QED) is 0.727. The number of rotatable bonds is 2. The molecule has 1 fully saturated rings. The van der Waals surface area contributed by atoms with Crippen molar-refractivity contribution in [2.75, 3.05) is 5.75 Å². The Morgan fingerprint density at radius 2 is 2.38 bits per heavy atom. The first-order valence-corrected chi connectivity index (χ1v) is 5.81. The Hall–Kier alpha value is -1.43. The van der Waals surface area contributed by atoms with Crippen LogP contribution in [0.15, 0.2) is 22.8 Å². The Morgan fingerprint density at radius 3 is 2.88 bits per heavy atom. The predicted molar refractivity (Wildman–Crippen MR) is 55.2 cm³/mol. The van der Waals surface area contributed by atoms with Crippen molar-refractivity contribution in [3.05, 3.63) is 24.2 Å². The van der Waals surface area contributed by atoms with Crippen molar-refractivity contribution in [3.8, 4) is 0 Å². The van der Waals surface area contributed by atoms with E-state index in [4.69, 9.17) is 4.42 Å². The van der Waals surface area contributed by atoms with Gasteiger partial charge in [0, 0.05) is 12.7 Å². The standard InChI is InChI=1S/C10H11NO4S/c1-6(12)11-7(10(13)14)5-16-9(11)8-3-2-4-15-8/h2-4,7,9H,5H2,1H3,(H,13,14)/p-1/t7-,9+/m0/s1. The molecule has 0 aromatic carbocycles. The van der Waals surface area contributed by atoms with Crippen LogP contribution in [0, 0.1) is 0 Å². The molecule has 6 heteroatoms. The molecule has 0 unspecified atom stereocenters. The highest BCUT2D eigenvalue weighted by molar-refractivity contribution is 7.99. The van der Waals surface area contributed by atoms with Crippen molar-refractivity contribution in [2.45, 2.75) is 18.3 Å². The van der Waals surface area contributed by atoms with Gasteiger partial charge in [0.1, 0.15) is 11.1 Å². The lowest BCUT2D eigenvalue weighted by molar-refractivity contribution is -0.310. The predicted octanol–water partition coefficient (Wildman–Crippen LogP) is -0.00800. The molecule has 1 amide bonds. The third-order valence-corrected chi connectivity index (χ3v) is 3.71. The molecule has 0 spiro atoms. The summed E-state index contributed by atoms with van der Waals surface area (Å²) in [7, 11) is 0. The first kappa shape index (κ1) is 11.1. The van der Waals surface area contributed by atoms with E-state index < -0.39 is 12.0 Å². The van der Waals surface area contributed by atoms with Gasteiger partial charge in [0.05, 0.1) is 18.3 Å². The fourth-order valence-electron chi connectivity index (χ4n) is 1.72. The fourth-order valence-corrected chi connectivity index (χ4v) is 3.14. The van der Waals surface area contributed by atoms with E-state index in [9.17, 15) is 14.7 Å². The van der Waals surface area contributed by atoms with E-state index in [0.717, 1.165) is 0 Å². The van der Waals surface area contributed by atoms with Crippen LogP contribution in [0.5, 0.6) is 0 Å². The SMILES string of the molecule is CC(=O)N1[C@@H](c2ccco2)SC[C@H]1C(=O)[O-]. The van der Waals surface area contributed by atoms with E-state index in [1.165, 1.54) is 29.8 Å². The monoisotopic (exact) mass is 240 g/mol. The minimum atomic E-state index is -1.23. The van der Waals surface area contributed by atoms with Crippen molar-refractivity contribution >= 4 is 23.6 Å². The van der Waals surface area contributed by atoms with Crippen LogP contribution in [-0.4, -0.2) is 28.6 Å². The zero-order chi connectivity index (χ0) is 11.7. The highest BCUT2D eigenvalue weighted by Crippen LogP contribution is 2.41. The smallest absolute Gasteiger partial charge is 0.221 e. The van der Waals surface area contributed by atoms with Gasteiger partial charge < -0.3 is 19.2 Å². The number of hydrogen-bond acceptors (Lipinski definition) is 5. The molecular weight excluding hydrogens is 230 g/mol. The van der Waals surface area contributed by atoms with E-state index >= 15 is 0 Å². The molecule has 0 saturated carbocycles. The molecule has 16 heavy (non-hydrogen) atoms. The molecule has 1 aromatic heterocycles.